The number of rotatable bonds is 2. The molecule has 4 nitrogen and oxygen atoms in total. The number of benzene rings is 2. The van der Waals surface area contributed by atoms with Crippen molar-refractivity contribution in [1.82, 2.24) is 15.3 Å². The van der Waals surface area contributed by atoms with Gasteiger partial charge in [0.2, 0.25) is 0 Å². The molecular formula is C22H17N3O. The normalized spacial score (nSPS) is 14.9. The molecule has 4 aromatic rings. The predicted molar refractivity (Wildman–Crippen MR) is 102 cm³/mol. The Morgan fingerprint density at radius 2 is 1.88 bits per heavy atom. The first kappa shape index (κ1) is 14.9. The molecule has 26 heavy (non-hydrogen) atoms. The van der Waals surface area contributed by atoms with E-state index in [2.05, 4.69) is 52.5 Å². The lowest BCUT2D eigenvalue weighted by molar-refractivity contribution is 0.0945. The topological polar surface area (TPSA) is 57.8 Å². The zero-order valence-corrected chi connectivity index (χ0v) is 14.3. The van der Waals surface area contributed by atoms with Crippen LogP contribution >= 0.6 is 0 Å². The molecule has 1 unspecified atom stereocenters. The van der Waals surface area contributed by atoms with Crippen molar-refractivity contribution < 1.29 is 4.79 Å². The van der Waals surface area contributed by atoms with E-state index in [-0.39, 0.29) is 11.9 Å². The van der Waals surface area contributed by atoms with Crippen molar-refractivity contribution in [1.29, 1.82) is 0 Å². The van der Waals surface area contributed by atoms with E-state index in [4.69, 9.17) is 0 Å². The van der Waals surface area contributed by atoms with Gasteiger partial charge >= 0.3 is 0 Å². The van der Waals surface area contributed by atoms with Crippen LogP contribution in [-0.4, -0.2) is 15.9 Å². The molecule has 2 N–H and O–H groups in total. The maximum atomic E-state index is 13.1. The van der Waals surface area contributed by atoms with Crippen molar-refractivity contribution in [2.24, 2.45) is 0 Å². The average Bonchev–Trinajstić information content (AvgIpc) is 3.26. The maximum Gasteiger partial charge on any atom is 0.252 e. The molecule has 126 valence electrons. The van der Waals surface area contributed by atoms with Gasteiger partial charge in [0.1, 0.15) is 5.65 Å². The van der Waals surface area contributed by atoms with Gasteiger partial charge in [0.25, 0.3) is 5.91 Å². The molecule has 0 radical (unpaired) electrons. The Kier molecular flexibility index (Phi) is 3.19. The van der Waals surface area contributed by atoms with Gasteiger partial charge in [0.05, 0.1) is 11.6 Å². The number of amides is 1. The zero-order chi connectivity index (χ0) is 17.7. The van der Waals surface area contributed by atoms with Crippen molar-refractivity contribution >= 4 is 16.9 Å². The van der Waals surface area contributed by atoms with Crippen LogP contribution in [0.3, 0.4) is 0 Å². The van der Waals surface area contributed by atoms with E-state index in [1.165, 1.54) is 16.7 Å². The second kappa shape index (κ2) is 5.56. The largest absolute Gasteiger partial charge is 0.346 e. The molecule has 2 heterocycles. The Hall–Kier alpha value is -3.40. The molecule has 0 bridgehead atoms. The van der Waals surface area contributed by atoms with E-state index in [1.807, 2.05) is 18.2 Å². The summed E-state index contributed by atoms with van der Waals surface area (Å²) in [5, 5.41) is 4.07. The molecule has 5 rings (SSSR count). The fourth-order valence-corrected chi connectivity index (χ4v) is 3.97. The van der Waals surface area contributed by atoms with Crippen LogP contribution in [-0.2, 0) is 0 Å². The van der Waals surface area contributed by atoms with Crippen LogP contribution in [0.4, 0.5) is 0 Å². The predicted octanol–water partition coefficient (Wildman–Crippen LogP) is 4.37. The van der Waals surface area contributed by atoms with Gasteiger partial charge in [0, 0.05) is 17.8 Å². The molecule has 1 amide bonds. The third kappa shape index (κ3) is 2.09. The van der Waals surface area contributed by atoms with E-state index >= 15 is 0 Å². The summed E-state index contributed by atoms with van der Waals surface area (Å²) in [6.45, 7) is 2.12. The van der Waals surface area contributed by atoms with Gasteiger partial charge in [-0.15, -0.1) is 0 Å². The summed E-state index contributed by atoms with van der Waals surface area (Å²) >= 11 is 0. The fraction of sp³-hybridized carbons (Fsp3) is 0.0909. The van der Waals surface area contributed by atoms with Gasteiger partial charge in [-0.05, 0) is 46.9 Å². The number of hydrogen-bond acceptors (Lipinski definition) is 2. The number of pyridine rings is 1. The summed E-state index contributed by atoms with van der Waals surface area (Å²) in [6.07, 6.45) is 3.46. The Balaban J connectivity index is 1.60. The highest BCUT2D eigenvalue weighted by atomic mass is 16.1. The van der Waals surface area contributed by atoms with Crippen molar-refractivity contribution in [3.63, 3.8) is 0 Å². The van der Waals surface area contributed by atoms with Gasteiger partial charge in [-0.25, -0.2) is 4.98 Å². The quantitative estimate of drug-likeness (QED) is 0.570. The second-order valence-corrected chi connectivity index (χ2v) is 6.63. The molecule has 1 aliphatic rings. The number of carbonyl (C=O) groups is 1. The van der Waals surface area contributed by atoms with E-state index in [1.54, 1.807) is 18.5 Å². The molecular weight excluding hydrogens is 322 g/mol. The molecule has 0 aliphatic heterocycles. The third-order valence-corrected chi connectivity index (χ3v) is 5.14. The minimum atomic E-state index is -0.143. The molecule has 0 fully saturated rings. The minimum Gasteiger partial charge on any atom is -0.346 e. The van der Waals surface area contributed by atoms with E-state index in [0.29, 0.717) is 5.56 Å². The smallest absolute Gasteiger partial charge is 0.252 e. The van der Waals surface area contributed by atoms with E-state index < -0.39 is 0 Å². The summed E-state index contributed by atoms with van der Waals surface area (Å²) in [6, 6.07) is 18.1. The number of fused-ring (bicyclic) bond motifs is 4. The van der Waals surface area contributed by atoms with Gasteiger partial charge in [-0.3, -0.25) is 4.79 Å². The van der Waals surface area contributed by atoms with Crippen molar-refractivity contribution in [3.8, 4) is 11.1 Å². The summed E-state index contributed by atoms with van der Waals surface area (Å²) < 4.78 is 0. The Morgan fingerprint density at radius 1 is 1.04 bits per heavy atom. The SMILES string of the molecule is Cc1cccc2c1-c1ccccc1C2NC(=O)c1ccnc2[nH]ccc12. The number of aryl methyl sites for hydroxylation is 1. The first-order valence-corrected chi connectivity index (χ1v) is 8.66. The van der Waals surface area contributed by atoms with Gasteiger partial charge in [-0.2, -0.15) is 0 Å². The molecule has 0 saturated carbocycles. The third-order valence-electron chi connectivity index (χ3n) is 5.14. The summed E-state index contributed by atoms with van der Waals surface area (Å²) in [7, 11) is 0. The lowest BCUT2D eigenvalue weighted by Crippen LogP contribution is -2.28. The summed E-state index contributed by atoms with van der Waals surface area (Å²) in [5.74, 6) is -0.0915. The van der Waals surface area contributed by atoms with Crippen LogP contribution in [0.25, 0.3) is 22.2 Å². The Morgan fingerprint density at radius 3 is 2.81 bits per heavy atom. The number of carbonyl (C=O) groups excluding carboxylic acids is 1. The average molecular weight is 339 g/mol. The number of aromatic nitrogens is 2. The molecule has 2 aromatic heterocycles. The standard InChI is InChI=1S/C22H17N3O/c1-13-5-4-8-18-19(13)14-6-2-3-7-15(14)20(18)25-22(26)17-10-12-24-21-16(17)9-11-23-21/h2-12,20H,1H3,(H,23,24)(H,25,26). The van der Waals surface area contributed by atoms with Gasteiger partial charge in [0.15, 0.2) is 0 Å². The van der Waals surface area contributed by atoms with Crippen LogP contribution in [0.5, 0.6) is 0 Å². The lowest BCUT2D eigenvalue weighted by atomic mass is 10.0. The van der Waals surface area contributed by atoms with Crippen molar-refractivity contribution in [3.05, 3.63) is 89.2 Å². The highest BCUT2D eigenvalue weighted by Crippen LogP contribution is 2.44. The molecule has 1 aliphatic carbocycles. The molecule has 2 aromatic carbocycles. The van der Waals surface area contributed by atoms with Crippen LogP contribution in [0.2, 0.25) is 0 Å². The number of H-pyrrole nitrogens is 1. The van der Waals surface area contributed by atoms with Crippen LogP contribution in [0, 0.1) is 6.92 Å². The number of aromatic amines is 1. The molecule has 0 spiro atoms. The van der Waals surface area contributed by atoms with Crippen molar-refractivity contribution in [2.45, 2.75) is 13.0 Å². The molecule has 0 saturated heterocycles. The number of hydrogen-bond donors (Lipinski definition) is 2. The highest BCUT2D eigenvalue weighted by molar-refractivity contribution is 6.06. The maximum absolute atomic E-state index is 13.1. The van der Waals surface area contributed by atoms with E-state index in [9.17, 15) is 4.79 Å². The summed E-state index contributed by atoms with van der Waals surface area (Å²) in [4.78, 5) is 20.4. The minimum absolute atomic E-state index is 0.0915. The first-order chi connectivity index (χ1) is 12.7. The van der Waals surface area contributed by atoms with E-state index in [0.717, 1.165) is 22.2 Å². The molecule has 4 heteroatoms. The fourth-order valence-electron chi connectivity index (χ4n) is 3.97. The van der Waals surface area contributed by atoms with Gasteiger partial charge in [-0.1, -0.05) is 42.5 Å². The lowest BCUT2D eigenvalue weighted by Gasteiger charge is -2.16. The highest BCUT2D eigenvalue weighted by Gasteiger charge is 2.30. The Labute approximate surface area is 150 Å². The summed E-state index contributed by atoms with van der Waals surface area (Å²) in [5.41, 5.74) is 7.31. The second-order valence-electron chi connectivity index (χ2n) is 6.63. The molecule has 1 atom stereocenters. The van der Waals surface area contributed by atoms with Crippen LogP contribution in [0.15, 0.2) is 67.0 Å². The number of nitrogens with zero attached hydrogens (tertiary/aromatic N) is 1. The van der Waals surface area contributed by atoms with Crippen LogP contribution < -0.4 is 5.32 Å². The Bertz CT molecular complexity index is 1160. The first-order valence-electron chi connectivity index (χ1n) is 8.66. The van der Waals surface area contributed by atoms with Crippen molar-refractivity contribution in [2.75, 3.05) is 0 Å². The zero-order valence-electron chi connectivity index (χ0n) is 14.3. The monoisotopic (exact) mass is 339 g/mol. The number of nitrogens with one attached hydrogen (secondary N) is 2. The van der Waals surface area contributed by atoms with Crippen LogP contribution in [0.1, 0.15) is 33.1 Å². The van der Waals surface area contributed by atoms with Gasteiger partial charge < -0.3 is 10.3 Å².